The molecule has 21 heavy (non-hydrogen) atoms. The number of hydrogen-bond donors (Lipinski definition) is 3. The van der Waals surface area contributed by atoms with E-state index in [1.807, 2.05) is 11.8 Å². The van der Waals surface area contributed by atoms with Gasteiger partial charge >= 0.3 is 0 Å². The fraction of sp³-hybridized carbons (Fsp3) is 0.769. The molecule has 0 unspecified atom stereocenters. The van der Waals surface area contributed by atoms with Gasteiger partial charge in [-0.2, -0.15) is 26.7 Å². The summed E-state index contributed by atoms with van der Waals surface area (Å²) in [5, 5.41) is 3.35. The van der Waals surface area contributed by atoms with E-state index >= 15 is 0 Å². The van der Waals surface area contributed by atoms with E-state index in [9.17, 15) is 0 Å². The molecule has 7 nitrogen and oxygen atoms in total. The Morgan fingerprint density at radius 3 is 2.48 bits per heavy atom. The third-order valence-electron chi connectivity index (χ3n) is 4.20. The second kappa shape index (κ2) is 6.23. The number of nitrogen functional groups attached to an aromatic ring is 1. The summed E-state index contributed by atoms with van der Waals surface area (Å²) in [7, 11) is 0. The summed E-state index contributed by atoms with van der Waals surface area (Å²) in [6.07, 6.45) is 8.34. The lowest BCUT2D eigenvalue weighted by atomic mass is 10.1. The summed E-state index contributed by atoms with van der Waals surface area (Å²) in [5.41, 5.74) is 2.54. The van der Waals surface area contributed by atoms with Gasteiger partial charge in [0.15, 0.2) is 0 Å². The summed E-state index contributed by atoms with van der Waals surface area (Å²) in [5.74, 6) is 7.23. The minimum absolute atomic E-state index is 0.369. The van der Waals surface area contributed by atoms with Crippen molar-refractivity contribution in [2.75, 3.05) is 41.5 Å². The Hall–Kier alpha value is -1.28. The van der Waals surface area contributed by atoms with Gasteiger partial charge in [0.05, 0.1) is 0 Å². The summed E-state index contributed by atoms with van der Waals surface area (Å²) < 4.78 is 0.369. The van der Waals surface area contributed by atoms with Gasteiger partial charge in [-0.25, -0.2) is 5.84 Å². The highest BCUT2D eigenvalue weighted by molar-refractivity contribution is 8.00. The molecular weight excluding hydrogens is 286 g/mol. The predicted molar refractivity (Wildman–Crippen MR) is 87.7 cm³/mol. The Labute approximate surface area is 129 Å². The number of thioether (sulfide) groups is 1. The number of aromatic nitrogens is 3. The minimum atomic E-state index is 0.369. The fourth-order valence-corrected chi connectivity index (χ4v) is 3.30. The van der Waals surface area contributed by atoms with E-state index in [-0.39, 0.29) is 0 Å². The molecular formula is C13H23N7S. The van der Waals surface area contributed by atoms with Crippen molar-refractivity contribution in [3.8, 4) is 0 Å². The van der Waals surface area contributed by atoms with Crippen LogP contribution in [0.25, 0.3) is 0 Å². The first kappa shape index (κ1) is 14.6. The van der Waals surface area contributed by atoms with E-state index in [1.54, 1.807) is 0 Å². The molecule has 1 saturated heterocycles. The molecule has 0 atom stereocenters. The van der Waals surface area contributed by atoms with Gasteiger partial charge in [0, 0.05) is 24.4 Å². The highest BCUT2D eigenvalue weighted by Gasteiger charge is 2.41. The van der Waals surface area contributed by atoms with Crippen molar-refractivity contribution < 1.29 is 0 Å². The van der Waals surface area contributed by atoms with E-state index in [2.05, 4.69) is 36.9 Å². The SMILES string of the molecule is CSC1(CNc2nc(NN)nc(N3CCCCC3)n2)CC1. The van der Waals surface area contributed by atoms with Gasteiger partial charge in [0.2, 0.25) is 17.8 Å². The van der Waals surface area contributed by atoms with Crippen LogP contribution in [-0.2, 0) is 0 Å². The third kappa shape index (κ3) is 3.49. The van der Waals surface area contributed by atoms with Gasteiger partial charge in [-0.05, 0) is 38.4 Å². The molecule has 0 amide bonds. The molecule has 2 heterocycles. The molecule has 0 aromatic carbocycles. The lowest BCUT2D eigenvalue weighted by Gasteiger charge is -2.27. The van der Waals surface area contributed by atoms with Crippen LogP contribution < -0.4 is 21.5 Å². The average molecular weight is 309 g/mol. The van der Waals surface area contributed by atoms with Crippen LogP contribution in [0.3, 0.4) is 0 Å². The van der Waals surface area contributed by atoms with Crippen LogP contribution in [0.2, 0.25) is 0 Å². The Bertz CT molecular complexity index is 485. The van der Waals surface area contributed by atoms with Crippen molar-refractivity contribution in [2.45, 2.75) is 36.9 Å². The Morgan fingerprint density at radius 2 is 1.86 bits per heavy atom. The normalized spacial score (nSPS) is 20.2. The first-order valence-corrected chi connectivity index (χ1v) is 8.74. The van der Waals surface area contributed by atoms with E-state index in [0.29, 0.717) is 22.6 Å². The molecule has 0 bridgehead atoms. The number of nitrogens with zero attached hydrogens (tertiary/aromatic N) is 4. The maximum absolute atomic E-state index is 5.48. The van der Waals surface area contributed by atoms with Gasteiger partial charge in [-0.3, -0.25) is 5.43 Å². The Morgan fingerprint density at radius 1 is 1.14 bits per heavy atom. The van der Waals surface area contributed by atoms with Crippen LogP contribution >= 0.6 is 11.8 Å². The number of piperidine rings is 1. The van der Waals surface area contributed by atoms with Crippen molar-refractivity contribution in [1.82, 2.24) is 15.0 Å². The van der Waals surface area contributed by atoms with E-state index < -0.39 is 0 Å². The Balaban J connectivity index is 1.73. The second-order valence-corrected chi connectivity index (χ2v) is 6.99. The van der Waals surface area contributed by atoms with Crippen molar-refractivity contribution in [3.63, 3.8) is 0 Å². The molecule has 1 saturated carbocycles. The first-order chi connectivity index (χ1) is 10.2. The van der Waals surface area contributed by atoms with Crippen LogP contribution in [-0.4, -0.2) is 45.6 Å². The van der Waals surface area contributed by atoms with Crippen molar-refractivity contribution in [1.29, 1.82) is 0 Å². The molecule has 1 aromatic heterocycles. The van der Waals surface area contributed by atoms with Gasteiger partial charge in [0.25, 0.3) is 0 Å². The summed E-state index contributed by atoms with van der Waals surface area (Å²) >= 11 is 1.92. The molecule has 1 aliphatic heterocycles. The monoisotopic (exact) mass is 309 g/mol. The lowest BCUT2D eigenvalue weighted by Crippen LogP contribution is -2.32. The largest absolute Gasteiger partial charge is 0.353 e. The number of nitrogens with two attached hydrogens (primary N) is 1. The van der Waals surface area contributed by atoms with Crippen molar-refractivity contribution in [3.05, 3.63) is 0 Å². The van der Waals surface area contributed by atoms with Gasteiger partial charge in [0.1, 0.15) is 0 Å². The van der Waals surface area contributed by atoms with Gasteiger partial charge in [-0.15, -0.1) is 0 Å². The molecule has 1 aliphatic carbocycles. The lowest BCUT2D eigenvalue weighted by molar-refractivity contribution is 0.567. The van der Waals surface area contributed by atoms with Crippen LogP contribution in [0.15, 0.2) is 0 Å². The summed E-state index contributed by atoms with van der Waals surface area (Å²) in [6.45, 7) is 2.89. The molecule has 4 N–H and O–H groups in total. The highest BCUT2D eigenvalue weighted by atomic mass is 32.2. The number of nitrogens with one attached hydrogen (secondary N) is 2. The molecule has 0 spiro atoms. The van der Waals surface area contributed by atoms with Crippen LogP contribution in [0.5, 0.6) is 0 Å². The van der Waals surface area contributed by atoms with Crippen LogP contribution in [0.1, 0.15) is 32.1 Å². The third-order valence-corrected chi connectivity index (χ3v) is 5.62. The zero-order valence-corrected chi connectivity index (χ0v) is 13.2. The zero-order chi connectivity index (χ0) is 14.7. The molecule has 2 aliphatic rings. The van der Waals surface area contributed by atoms with Crippen molar-refractivity contribution in [2.24, 2.45) is 5.84 Å². The molecule has 1 aromatic rings. The summed E-state index contributed by atoms with van der Waals surface area (Å²) in [4.78, 5) is 15.4. The van der Waals surface area contributed by atoms with E-state index in [4.69, 9.17) is 5.84 Å². The summed E-state index contributed by atoms with van der Waals surface area (Å²) in [6, 6.07) is 0. The minimum Gasteiger partial charge on any atom is -0.353 e. The standard InChI is InChI=1S/C13H23N7S/c1-21-13(5-6-13)9-15-10-16-11(19-14)18-12(17-10)20-7-3-2-4-8-20/h2-9,14H2,1H3,(H2,15,16,17,18,19). The molecule has 3 rings (SSSR count). The van der Waals surface area contributed by atoms with E-state index in [1.165, 1.54) is 32.1 Å². The fourth-order valence-electron chi connectivity index (χ4n) is 2.58. The van der Waals surface area contributed by atoms with Gasteiger partial charge < -0.3 is 10.2 Å². The molecule has 116 valence electrons. The molecule has 0 radical (unpaired) electrons. The molecule has 2 fully saturated rings. The Kier molecular flexibility index (Phi) is 4.34. The highest BCUT2D eigenvalue weighted by Crippen LogP contribution is 2.46. The number of rotatable bonds is 6. The van der Waals surface area contributed by atoms with Gasteiger partial charge in [-0.1, -0.05) is 0 Å². The zero-order valence-electron chi connectivity index (χ0n) is 12.4. The topological polar surface area (TPSA) is 92.0 Å². The number of hydrazine groups is 1. The smallest absolute Gasteiger partial charge is 0.243 e. The first-order valence-electron chi connectivity index (χ1n) is 7.51. The quantitative estimate of drug-likeness (QED) is 0.537. The number of anilines is 3. The maximum Gasteiger partial charge on any atom is 0.243 e. The van der Waals surface area contributed by atoms with Crippen LogP contribution in [0.4, 0.5) is 17.8 Å². The number of hydrogen-bond acceptors (Lipinski definition) is 8. The van der Waals surface area contributed by atoms with E-state index in [0.717, 1.165) is 19.6 Å². The average Bonchev–Trinajstić information content (AvgIpc) is 3.34. The predicted octanol–water partition coefficient (Wildman–Crippen LogP) is 1.45. The second-order valence-electron chi connectivity index (χ2n) is 5.72. The van der Waals surface area contributed by atoms with Crippen molar-refractivity contribution >= 4 is 29.6 Å². The molecule has 8 heteroatoms. The van der Waals surface area contributed by atoms with Crippen LogP contribution in [0, 0.1) is 0 Å². The maximum atomic E-state index is 5.48.